The molecule has 0 aromatic heterocycles. The van der Waals surface area contributed by atoms with Crippen molar-refractivity contribution >= 4 is 5.97 Å². The predicted octanol–water partition coefficient (Wildman–Crippen LogP) is 3.15. The van der Waals surface area contributed by atoms with Crippen LogP contribution in [-0.2, 0) is 9.53 Å². The molecule has 0 saturated heterocycles. The van der Waals surface area contributed by atoms with Gasteiger partial charge in [0.2, 0.25) is 0 Å². The molecule has 1 atom stereocenters. The van der Waals surface area contributed by atoms with Gasteiger partial charge in [-0.1, -0.05) is 45.6 Å². The average molecular weight is 272 g/mol. The Bertz CT molecular complexity index is 251. The molecule has 1 unspecified atom stereocenters. The average Bonchev–Trinajstić information content (AvgIpc) is 2.38. The van der Waals surface area contributed by atoms with Crippen molar-refractivity contribution in [1.82, 2.24) is 0 Å². The van der Waals surface area contributed by atoms with E-state index in [0.29, 0.717) is 19.4 Å². The van der Waals surface area contributed by atoms with E-state index in [2.05, 4.69) is 13.5 Å². The van der Waals surface area contributed by atoms with Crippen molar-refractivity contribution in [1.29, 1.82) is 0 Å². The normalized spacial score (nSPS) is 12.3. The van der Waals surface area contributed by atoms with Gasteiger partial charge in [0.1, 0.15) is 0 Å². The molecule has 0 aliphatic rings. The van der Waals surface area contributed by atoms with Gasteiger partial charge >= 0.3 is 5.97 Å². The molecule has 19 heavy (non-hydrogen) atoms. The first-order valence-electron chi connectivity index (χ1n) is 7.24. The van der Waals surface area contributed by atoms with Crippen LogP contribution in [-0.4, -0.2) is 35.5 Å². The monoisotopic (exact) mass is 272 g/mol. The summed E-state index contributed by atoms with van der Waals surface area (Å²) in [6, 6.07) is 0. The minimum Gasteiger partial charge on any atom is -0.478 e. The highest BCUT2D eigenvalue weighted by molar-refractivity contribution is 5.85. The number of carbonyl (C=O) groups is 1. The molecule has 2 N–H and O–H groups in total. The first-order valence-corrected chi connectivity index (χ1v) is 7.24. The quantitative estimate of drug-likeness (QED) is 0.399. The second kappa shape index (κ2) is 12.2. The summed E-state index contributed by atoms with van der Waals surface area (Å²) < 4.78 is 5.37. The number of aliphatic hydroxyl groups excluding tert-OH is 1. The molecule has 0 aliphatic heterocycles. The second-order valence-electron chi connectivity index (χ2n) is 4.94. The van der Waals surface area contributed by atoms with Crippen LogP contribution in [0, 0.1) is 0 Å². The fraction of sp³-hybridized carbons (Fsp3) is 0.800. The van der Waals surface area contributed by atoms with Crippen molar-refractivity contribution in [3.8, 4) is 0 Å². The van der Waals surface area contributed by atoms with E-state index in [-0.39, 0.29) is 12.2 Å². The van der Waals surface area contributed by atoms with Crippen LogP contribution < -0.4 is 0 Å². The maximum atomic E-state index is 10.5. The van der Waals surface area contributed by atoms with Gasteiger partial charge in [0.25, 0.3) is 0 Å². The molecule has 0 bridgehead atoms. The fourth-order valence-corrected chi connectivity index (χ4v) is 1.73. The fourth-order valence-electron chi connectivity index (χ4n) is 1.73. The number of carboxylic acid groups (broad SMARTS) is 1. The lowest BCUT2D eigenvalue weighted by Crippen LogP contribution is -2.16. The highest BCUT2D eigenvalue weighted by Crippen LogP contribution is 2.07. The van der Waals surface area contributed by atoms with Crippen LogP contribution in [0.2, 0.25) is 0 Å². The van der Waals surface area contributed by atoms with E-state index < -0.39 is 12.1 Å². The molecule has 0 heterocycles. The molecule has 4 heteroatoms. The number of hydrogen-bond acceptors (Lipinski definition) is 3. The molecule has 0 spiro atoms. The van der Waals surface area contributed by atoms with E-state index in [4.69, 9.17) is 9.84 Å². The van der Waals surface area contributed by atoms with Crippen LogP contribution in [0.1, 0.15) is 58.3 Å². The summed E-state index contributed by atoms with van der Waals surface area (Å²) in [5, 5.41) is 18.2. The van der Waals surface area contributed by atoms with Crippen LogP contribution in [0.15, 0.2) is 12.2 Å². The van der Waals surface area contributed by atoms with Crippen LogP contribution in [0.3, 0.4) is 0 Å². The van der Waals surface area contributed by atoms with Crippen LogP contribution in [0.4, 0.5) is 0 Å². The maximum absolute atomic E-state index is 10.5. The second-order valence-corrected chi connectivity index (χ2v) is 4.94. The molecule has 112 valence electrons. The molecular weight excluding hydrogens is 244 g/mol. The Kier molecular flexibility index (Phi) is 11.6. The summed E-state index contributed by atoms with van der Waals surface area (Å²) >= 11 is 0. The van der Waals surface area contributed by atoms with E-state index >= 15 is 0 Å². The van der Waals surface area contributed by atoms with Gasteiger partial charge in [-0.25, -0.2) is 4.79 Å². The first kappa shape index (κ1) is 18.1. The van der Waals surface area contributed by atoms with Crippen molar-refractivity contribution in [3.63, 3.8) is 0 Å². The van der Waals surface area contributed by atoms with Gasteiger partial charge in [-0.2, -0.15) is 0 Å². The summed E-state index contributed by atoms with van der Waals surface area (Å²) in [4.78, 5) is 10.5. The molecule has 0 saturated carbocycles. The van der Waals surface area contributed by atoms with Crippen LogP contribution >= 0.6 is 0 Å². The van der Waals surface area contributed by atoms with Crippen molar-refractivity contribution in [2.45, 2.75) is 64.4 Å². The SMILES string of the molecule is C=C(CCC(O)COCCCCCCCC)C(=O)O. The third-order valence-electron chi connectivity index (χ3n) is 3.03. The molecule has 0 radical (unpaired) electrons. The number of aliphatic hydroxyl groups is 1. The predicted molar refractivity (Wildman–Crippen MR) is 76.2 cm³/mol. The van der Waals surface area contributed by atoms with Crippen LogP contribution in [0.25, 0.3) is 0 Å². The van der Waals surface area contributed by atoms with Gasteiger partial charge < -0.3 is 14.9 Å². The number of carboxylic acids is 1. The number of ether oxygens (including phenoxy) is 1. The van der Waals surface area contributed by atoms with E-state index in [0.717, 1.165) is 6.42 Å². The van der Waals surface area contributed by atoms with Gasteiger partial charge in [-0.05, 0) is 19.3 Å². The van der Waals surface area contributed by atoms with E-state index in [9.17, 15) is 9.90 Å². The minimum absolute atomic E-state index is 0.134. The molecular formula is C15H28O4. The Morgan fingerprint density at radius 1 is 1.21 bits per heavy atom. The standard InChI is InChI=1S/C15H28O4/c1-3-4-5-6-7-8-11-19-12-14(16)10-9-13(2)15(17)18/h14,16H,2-12H2,1H3,(H,17,18). The Morgan fingerprint density at radius 2 is 1.84 bits per heavy atom. The van der Waals surface area contributed by atoms with Gasteiger partial charge in [0.05, 0.1) is 12.7 Å². The number of rotatable bonds is 13. The van der Waals surface area contributed by atoms with Crippen molar-refractivity contribution in [2.75, 3.05) is 13.2 Å². The van der Waals surface area contributed by atoms with Crippen LogP contribution in [0.5, 0.6) is 0 Å². The topological polar surface area (TPSA) is 66.8 Å². The lowest BCUT2D eigenvalue weighted by molar-refractivity contribution is -0.132. The van der Waals surface area contributed by atoms with Crippen molar-refractivity contribution in [3.05, 3.63) is 12.2 Å². The summed E-state index contributed by atoms with van der Waals surface area (Å²) in [7, 11) is 0. The van der Waals surface area contributed by atoms with Crippen molar-refractivity contribution < 1.29 is 19.7 Å². The zero-order valence-corrected chi connectivity index (χ0v) is 12.1. The Morgan fingerprint density at radius 3 is 2.47 bits per heavy atom. The highest BCUT2D eigenvalue weighted by Gasteiger charge is 2.09. The first-order chi connectivity index (χ1) is 9.07. The summed E-state index contributed by atoms with van der Waals surface area (Å²) in [5.41, 5.74) is 0.134. The lowest BCUT2D eigenvalue weighted by atomic mass is 10.1. The Balaban J connectivity index is 3.31. The number of unbranched alkanes of at least 4 members (excludes halogenated alkanes) is 5. The Labute approximate surface area is 116 Å². The maximum Gasteiger partial charge on any atom is 0.330 e. The van der Waals surface area contributed by atoms with E-state index in [1.165, 1.54) is 32.1 Å². The molecule has 0 amide bonds. The third-order valence-corrected chi connectivity index (χ3v) is 3.03. The minimum atomic E-state index is -1.000. The lowest BCUT2D eigenvalue weighted by Gasteiger charge is -2.11. The largest absolute Gasteiger partial charge is 0.478 e. The summed E-state index contributed by atoms with van der Waals surface area (Å²) in [5.74, 6) is -1.000. The molecule has 0 aliphatic carbocycles. The zero-order chi connectivity index (χ0) is 14.5. The van der Waals surface area contributed by atoms with E-state index in [1.54, 1.807) is 0 Å². The molecule has 0 aromatic rings. The third kappa shape index (κ3) is 11.9. The summed E-state index contributed by atoms with van der Waals surface area (Å²) in [6.45, 7) is 6.57. The highest BCUT2D eigenvalue weighted by atomic mass is 16.5. The molecule has 0 aromatic carbocycles. The molecule has 0 fully saturated rings. The van der Waals surface area contributed by atoms with Gasteiger partial charge in [0, 0.05) is 12.2 Å². The number of aliphatic carboxylic acids is 1. The molecule has 0 rings (SSSR count). The molecule has 4 nitrogen and oxygen atoms in total. The zero-order valence-electron chi connectivity index (χ0n) is 12.1. The van der Waals surface area contributed by atoms with Gasteiger partial charge in [-0.3, -0.25) is 0 Å². The number of hydrogen-bond donors (Lipinski definition) is 2. The van der Waals surface area contributed by atoms with Gasteiger partial charge in [-0.15, -0.1) is 0 Å². The Hall–Kier alpha value is -0.870. The smallest absolute Gasteiger partial charge is 0.330 e. The van der Waals surface area contributed by atoms with Crippen molar-refractivity contribution in [2.24, 2.45) is 0 Å². The summed E-state index contributed by atoms with van der Waals surface area (Å²) in [6.07, 6.45) is 7.38. The van der Waals surface area contributed by atoms with Gasteiger partial charge in [0.15, 0.2) is 0 Å². The van der Waals surface area contributed by atoms with E-state index in [1.807, 2.05) is 0 Å².